The molecule has 2 rings (SSSR count). The van der Waals surface area contributed by atoms with Crippen molar-refractivity contribution in [1.82, 2.24) is 15.1 Å². The van der Waals surface area contributed by atoms with Crippen LogP contribution in [-0.2, 0) is 4.79 Å². The summed E-state index contributed by atoms with van der Waals surface area (Å²) in [7, 11) is 4.27. The molecule has 0 saturated carbocycles. The molecule has 2 aliphatic heterocycles. The number of nitrogens with zero attached hydrogens (tertiary/aromatic N) is 2. The van der Waals surface area contributed by atoms with Gasteiger partial charge in [0.1, 0.15) is 0 Å². The third kappa shape index (κ3) is 5.06. The number of rotatable bonds is 5. The van der Waals surface area contributed by atoms with E-state index in [1.54, 1.807) is 0 Å². The molecule has 2 heterocycles. The van der Waals surface area contributed by atoms with Gasteiger partial charge in [-0.1, -0.05) is 6.42 Å². The summed E-state index contributed by atoms with van der Waals surface area (Å²) in [5, 5.41) is 3.53. The maximum Gasteiger partial charge on any atom is 0.222 e. The Morgan fingerprint density at radius 3 is 2.55 bits per heavy atom. The number of hydrogen-bond donors (Lipinski definition) is 1. The van der Waals surface area contributed by atoms with E-state index in [-0.39, 0.29) is 0 Å². The smallest absolute Gasteiger partial charge is 0.222 e. The summed E-state index contributed by atoms with van der Waals surface area (Å²) in [5.41, 5.74) is 0. The van der Waals surface area contributed by atoms with Gasteiger partial charge in [-0.3, -0.25) is 4.79 Å². The lowest BCUT2D eigenvalue weighted by Gasteiger charge is -2.33. The molecule has 4 heteroatoms. The van der Waals surface area contributed by atoms with E-state index in [0.717, 1.165) is 44.9 Å². The van der Waals surface area contributed by atoms with E-state index in [9.17, 15) is 4.79 Å². The lowest BCUT2D eigenvalue weighted by molar-refractivity contribution is -0.132. The van der Waals surface area contributed by atoms with Crippen LogP contribution < -0.4 is 5.32 Å². The Morgan fingerprint density at radius 1 is 1.20 bits per heavy atom. The van der Waals surface area contributed by atoms with Gasteiger partial charge in [-0.25, -0.2) is 0 Å². The molecule has 116 valence electrons. The zero-order valence-corrected chi connectivity index (χ0v) is 13.2. The van der Waals surface area contributed by atoms with Crippen LogP contribution in [0.1, 0.15) is 44.9 Å². The van der Waals surface area contributed by atoms with E-state index >= 15 is 0 Å². The maximum atomic E-state index is 12.3. The van der Waals surface area contributed by atoms with E-state index < -0.39 is 0 Å². The molecule has 1 amide bonds. The van der Waals surface area contributed by atoms with Crippen molar-refractivity contribution in [3.05, 3.63) is 0 Å². The van der Waals surface area contributed by atoms with Crippen LogP contribution in [0.25, 0.3) is 0 Å². The minimum atomic E-state index is 0.376. The van der Waals surface area contributed by atoms with Crippen LogP contribution in [0.3, 0.4) is 0 Å². The van der Waals surface area contributed by atoms with Gasteiger partial charge in [0.25, 0.3) is 0 Å². The monoisotopic (exact) mass is 281 g/mol. The van der Waals surface area contributed by atoms with Crippen LogP contribution in [0, 0.1) is 5.92 Å². The van der Waals surface area contributed by atoms with E-state index in [1.807, 2.05) is 0 Å². The highest BCUT2D eigenvalue weighted by molar-refractivity contribution is 5.76. The SMILES string of the molecule is CN(C)CC1CCN(C(=O)CCC2CCCCN2)CC1. The van der Waals surface area contributed by atoms with Gasteiger partial charge in [0.2, 0.25) is 5.91 Å². The molecule has 1 atom stereocenters. The summed E-state index contributed by atoms with van der Waals surface area (Å²) >= 11 is 0. The van der Waals surface area contributed by atoms with Crippen molar-refractivity contribution >= 4 is 5.91 Å². The van der Waals surface area contributed by atoms with Crippen LogP contribution in [-0.4, -0.2) is 62.0 Å². The summed E-state index contributed by atoms with van der Waals surface area (Å²) < 4.78 is 0. The van der Waals surface area contributed by atoms with E-state index in [4.69, 9.17) is 0 Å². The molecule has 0 spiro atoms. The molecule has 0 aliphatic carbocycles. The third-order valence-corrected chi connectivity index (χ3v) is 4.71. The summed E-state index contributed by atoms with van der Waals surface area (Å²) in [5.74, 6) is 1.15. The van der Waals surface area contributed by atoms with Crippen molar-refractivity contribution in [3.8, 4) is 0 Å². The van der Waals surface area contributed by atoms with Crippen LogP contribution in [0.4, 0.5) is 0 Å². The first-order valence-corrected chi connectivity index (χ1v) is 8.31. The predicted molar refractivity (Wildman–Crippen MR) is 82.7 cm³/mol. The summed E-state index contributed by atoms with van der Waals surface area (Å²) in [6, 6.07) is 0.582. The Bertz CT molecular complexity index is 292. The predicted octanol–water partition coefficient (Wildman–Crippen LogP) is 1.71. The number of carbonyl (C=O) groups is 1. The van der Waals surface area contributed by atoms with Gasteiger partial charge in [-0.2, -0.15) is 0 Å². The van der Waals surface area contributed by atoms with Gasteiger partial charge >= 0.3 is 0 Å². The first-order chi connectivity index (χ1) is 9.65. The molecular formula is C16H31N3O. The number of likely N-dealkylation sites (tertiary alicyclic amines) is 1. The van der Waals surface area contributed by atoms with Crippen molar-refractivity contribution in [2.45, 2.75) is 51.0 Å². The van der Waals surface area contributed by atoms with Crippen molar-refractivity contribution in [1.29, 1.82) is 0 Å². The van der Waals surface area contributed by atoms with Gasteiger partial charge in [0, 0.05) is 32.1 Å². The standard InChI is InChI=1S/C16H31N3O/c1-18(2)13-14-8-11-19(12-9-14)16(20)7-6-15-5-3-4-10-17-15/h14-15,17H,3-13H2,1-2H3. The normalized spacial score (nSPS) is 25.1. The lowest BCUT2D eigenvalue weighted by Crippen LogP contribution is -2.41. The fraction of sp³-hybridized carbons (Fsp3) is 0.938. The van der Waals surface area contributed by atoms with Crippen LogP contribution in [0.5, 0.6) is 0 Å². The first-order valence-electron chi connectivity index (χ1n) is 8.31. The lowest BCUT2D eigenvalue weighted by atomic mass is 9.95. The average molecular weight is 281 g/mol. The number of nitrogens with one attached hydrogen (secondary N) is 1. The average Bonchev–Trinajstić information content (AvgIpc) is 2.46. The molecule has 0 radical (unpaired) electrons. The van der Waals surface area contributed by atoms with Crippen molar-refractivity contribution < 1.29 is 4.79 Å². The fourth-order valence-corrected chi connectivity index (χ4v) is 3.51. The zero-order valence-electron chi connectivity index (χ0n) is 13.2. The second-order valence-corrected chi connectivity index (χ2v) is 6.77. The largest absolute Gasteiger partial charge is 0.343 e. The highest BCUT2D eigenvalue weighted by atomic mass is 16.2. The molecule has 1 N–H and O–H groups in total. The number of hydrogen-bond acceptors (Lipinski definition) is 3. The van der Waals surface area contributed by atoms with Crippen molar-refractivity contribution in [2.75, 3.05) is 40.3 Å². The number of amides is 1. The van der Waals surface area contributed by atoms with Gasteiger partial charge in [0.05, 0.1) is 0 Å². The Hall–Kier alpha value is -0.610. The molecule has 1 unspecified atom stereocenters. The molecule has 0 aromatic carbocycles. The molecule has 20 heavy (non-hydrogen) atoms. The van der Waals surface area contributed by atoms with Gasteiger partial charge < -0.3 is 15.1 Å². The fourth-order valence-electron chi connectivity index (χ4n) is 3.51. The van der Waals surface area contributed by atoms with Crippen LogP contribution in [0.15, 0.2) is 0 Å². The number of piperidine rings is 2. The molecule has 0 aromatic rings. The van der Waals surface area contributed by atoms with Crippen molar-refractivity contribution in [2.24, 2.45) is 5.92 Å². The van der Waals surface area contributed by atoms with Crippen LogP contribution >= 0.6 is 0 Å². The van der Waals surface area contributed by atoms with E-state index in [1.165, 1.54) is 32.1 Å². The maximum absolute atomic E-state index is 12.3. The molecule has 0 aromatic heterocycles. The Kier molecular flexibility index (Phi) is 6.30. The highest BCUT2D eigenvalue weighted by Gasteiger charge is 2.23. The highest BCUT2D eigenvalue weighted by Crippen LogP contribution is 2.19. The second kappa shape index (κ2) is 7.99. The molecule has 2 saturated heterocycles. The number of carbonyl (C=O) groups excluding carboxylic acids is 1. The molecule has 2 aliphatic rings. The Balaban J connectivity index is 1.64. The summed E-state index contributed by atoms with van der Waals surface area (Å²) in [4.78, 5) is 16.6. The topological polar surface area (TPSA) is 35.6 Å². The second-order valence-electron chi connectivity index (χ2n) is 6.77. The molecular weight excluding hydrogens is 250 g/mol. The minimum Gasteiger partial charge on any atom is -0.343 e. The van der Waals surface area contributed by atoms with E-state index in [0.29, 0.717) is 11.9 Å². The quantitative estimate of drug-likeness (QED) is 0.833. The minimum absolute atomic E-state index is 0.376. The van der Waals surface area contributed by atoms with Gasteiger partial charge in [-0.05, 0) is 58.7 Å². The van der Waals surface area contributed by atoms with Crippen molar-refractivity contribution in [3.63, 3.8) is 0 Å². The third-order valence-electron chi connectivity index (χ3n) is 4.71. The van der Waals surface area contributed by atoms with Gasteiger partial charge in [0.15, 0.2) is 0 Å². The molecule has 0 bridgehead atoms. The molecule has 4 nitrogen and oxygen atoms in total. The summed E-state index contributed by atoms with van der Waals surface area (Å²) in [6.45, 7) is 4.23. The first kappa shape index (κ1) is 15.8. The summed E-state index contributed by atoms with van der Waals surface area (Å²) in [6.07, 6.45) is 7.97. The zero-order chi connectivity index (χ0) is 14.4. The van der Waals surface area contributed by atoms with E-state index in [2.05, 4.69) is 29.2 Å². The van der Waals surface area contributed by atoms with Gasteiger partial charge in [-0.15, -0.1) is 0 Å². The van der Waals surface area contributed by atoms with Crippen LogP contribution in [0.2, 0.25) is 0 Å². The molecule has 2 fully saturated rings. The Labute approximate surface area is 123 Å². The Morgan fingerprint density at radius 2 is 1.95 bits per heavy atom.